The van der Waals surface area contributed by atoms with Crippen LogP contribution in [0, 0.1) is 5.92 Å². The summed E-state index contributed by atoms with van der Waals surface area (Å²) in [5, 5.41) is 12.7. The molecule has 0 spiro atoms. The van der Waals surface area contributed by atoms with Crippen molar-refractivity contribution in [1.82, 2.24) is 14.9 Å². The third-order valence-electron chi connectivity index (χ3n) is 2.60. The Kier molecular flexibility index (Phi) is 5.43. The Bertz CT molecular complexity index is 373. The Morgan fingerprint density at radius 1 is 1.00 bits per heavy atom. The van der Waals surface area contributed by atoms with E-state index >= 15 is 0 Å². The molecule has 18 heavy (non-hydrogen) atoms. The van der Waals surface area contributed by atoms with E-state index in [-0.39, 0.29) is 12.2 Å². The normalized spacial score (nSPS) is 15.5. The number of ether oxygens (including phenoxy) is 2. The Morgan fingerprint density at radius 2 is 1.44 bits per heavy atom. The summed E-state index contributed by atoms with van der Waals surface area (Å²) in [6.45, 7) is 7.94. The van der Waals surface area contributed by atoms with Gasteiger partial charge in [0.1, 0.15) is 12.2 Å². The van der Waals surface area contributed by atoms with E-state index in [1.807, 2.05) is 20.1 Å². The van der Waals surface area contributed by atoms with Gasteiger partial charge in [0.05, 0.1) is 0 Å². The molecule has 6 heteroatoms. The van der Waals surface area contributed by atoms with Crippen molar-refractivity contribution in [3.8, 4) is 0 Å². The van der Waals surface area contributed by atoms with Gasteiger partial charge in [-0.3, -0.25) is 0 Å². The van der Waals surface area contributed by atoms with Crippen molar-refractivity contribution in [3.63, 3.8) is 0 Å². The van der Waals surface area contributed by atoms with Crippen molar-refractivity contribution in [2.45, 2.75) is 39.9 Å². The Hall–Kier alpha value is -1.27. The van der Waals surface area contributed by atoms with Crippen LogP contribution in [0.15, 0.2) is 5.10 Å². The van der Waals surface area contributed by atoms with Crippen LogP contribution < -0.4 is 0 Å². The summed E-state index contributed by atoms with van der Waals surface area (Å²) in [6.07, 6.45) is 1.51. The van der Waals surface area contributed by atoms with Crippen molar-refractivity contribution in [1.29, 1.82) is 0 Å². The van der Waals surface area contributed by atoms with Crippen LogP contribution in [0.25, 0.3) is 0 Å². The van der Waals surface area contributed by atoms with E-state index < -0.39 is 0 Å². The van der Waals surface area contributed by atoms with Crippen LogP contribution in [0.1, 0.15) is 51.6 Å². The molecule has 0 N–H and O–H groups in total. The summed E-state index contributed by atoms with van der Waals surface area (Å²) in [5.74, 6) is 1.70. The maximum Gasteiger partial charge on any atom is 0.183 e. The molecule has 0 amide bonds. The summed E-state index contributed by atoms with van der Waals surface area (Å²) in [5.41, 5.74) is 0. The molecule has 0 saturated heterocycles. The molecule has 0 radical (unpaired) electrons. The fourth-order valence-electron chi connectivity index (χ4n) is 1.34. The molecule has 6 nitrogen and oxygen atoms in total. The molecular weight excluding hydrogens is 232 g/mol. The average Bonchev–Trinajstić information content (AvgIpc) is 2.78. The second-order valence-corrected chi connectivity index (χ2v) is 4.49. The van der Waals surface area contributed by atoms with Gasteiger partial charge in [0, 0.05) is 20.4 Å². The molecular formula is C12H22N4O2. The molecule has 0 aliphatic rings. The zero-order valence-electron chi connectivity index (χ0n) is 11.9. The quantitative estimate of drug-likeness (QED) is 0.730. The number of rotatable bonds is 6. The lowest BCUT2D eigenvalue weighted by Gasteiger charge is -2.12. The van der Waals surface area contributed by atoms with E-state index in [1.54, 1.807) is 18.9 Å². The first-order valence-corrected chi connectivity index (χ1v) is 6.06. The first-order chi connectivity index (χ1) is 8.51. The SMILES string of the molecule is COC(C)c1nnc(C(C)OC)n1N=CC(C)C. The topological polar surface area (TPSA) is 61.5 Å². The molecule has 0 aliphatic heterocycles. The fraction of sp³-hybridized carbons (Fsp3) is 0.750. The second kappa shape index (κ2) is 6.61. The molecule has 0 bridgehead atoms. The van der Waals surface area contributed by atoms with Crippen LogP contribution in [0.3, 0.4) is 0 Å². The van der Waals surface area contributed by atoms with E-state index in [9.17, 15) is 0 Å². The number of aromatic nitrogens is 3. The summed E-state index contributed by atoms with van der Waals surface area (Å²) in [4.78, 5) is 0. The van der Waals surface area contributed by atoms with Crippen molar-refractivity contribution in [2.24, 2.45) is 11.0 Å². The van der Waals surface area contributed by atoms with Gasteiger partial charge < -0.3 is 9.47 Å². The van der Waals surface area contributed by atoms with Crippen LogP contribution in [-0.2, 0) is 9.47 Å². The largest absolute Gasteiger partial charge is 0.374 e. The molecule has 102 valence electrons. The van der Waals surface area contributed by atoms with Gasteiger partial charge in [0.25, 0.3) is 0 Å². The van der Waals surface area contributed by atoms with Crippen molar-refractivity contribution in [2.75, 3.05) is 14.2 Å². The molecule has 1 aromatic rings. The highest BCUT2D eigenvalue weighted by Crippen LogP contribution is 2.20. The summed E-state index contributed by atoms with van der Waals surface area (Å²) in [7, 11) is 3.27. The predicted molar refractivity (Wildman–Crippen MR) is 69.6 cm³/mol. The lowest BCUT2D eigenvalue weighted by molar-refractivity contribution is 0.101. The highest BCUT2D eigenvalue weighted by atomic mass is 16.5. The first-order valence-electron chi connectivity index (χ1n) is 6.06. The highest BCUT2D eigenvalue weighted by molar-refractivity contribution is 5.59. The lowest BCUT2D eigenvalue weighted by atomic mass is 10.3. The van der Waals surface area contributed by atoms with E-state index in [4.69, 9.17) is 9.47 Å². The number of hydrogen-bond donors (Lipinski definition) is 0. The standard InChI is InChI=1S/C12H22N4O2/c1-8(2)7-13-16-11(9(3)17-5)14-15-12(16)10(4)18-6/h7-10H,1-6H3. The third kappa shape index (κ3) is 3.36. The molecule has 1 aromatic heterocycles. The van der Waals surface area contributed by atoms with Crippen LogP contribution in [0.4, 0.5) is 0 Å². The van der Waals surface area contributed by atoms with E-state index in [0.29, 0.717) is 17.6 Å². The summed E-state index contributed by atoms with van der Waals surface area (Å²) >= 11 is 0. The van der Waals surface area contributed by atoms with Gasteiger partial charge in [-0.25, -0.2) is 0 Å². The molecule has 2 unspecified atom stereocenters. The molecule has 0 saturated carbocycles. The smallest absolute Gasteiger partial charge is 0.183 e. The molecule has 0 aliphatic carbocycles. The monoisotopic (exact) mass is 254 g/mol. The van der Waals surface area contributed by atoms with Gasteiger partial charge >= 0.3 is 0 Å². The number of nitrogens with zero attached hydrogens (tertiary/aromatic N) is 4. The number of methoxy groups -OCH3 is 2. The zero-order chi connectivity index (χ0) is 13.7. The summed E-state index contributed by atoms with van der Waals surface area (Å²) < 4.78 is 12.2. The molecule has 2 atom stereocenters. The molecule has 0 fully saturated rings. The highest BCUT2D eigenvalue weighted by Gasteiger charge is 2.20. The van der Waals surface area contributed by atoms with E-state index in [0.717, 1.165) is 0 Å². The van der Waals surface area contributed by atoms with E-state index in [1.165, 1.54) is 0 Å². The lowest BCUT2D eigenvalue weighted by Crippen LogP contribution is -2.10. The maximum absolute atomic E-state index is 5.27. The van der Waals surface area contributed by atoms with E-state index in [2.05, 4.69) is 29.1 Å². The minimum Gasteiger partial charge on any atom is -0.374 e. The van der Waals surface area contributed by atoms with Crippen molar-refractivity contribution in [3.05, 3.63) is 11.6 Å². The summed E-state index contributed by atoms with van der Waals surface area (Å²) in [6, 6.07) is 0. The minimum atomic E-state index is -0.167. The van der Waals surface area contributed by atoms with Crippen LogP contribution in [0.5, 0.6) is 0 Å². The molecule has 1 rings (SSSR count). The Balaban J connectivity index is 3.16. The number of hydrogen-bond acceptors (Lipinski definition) is 5. The van der Waals surface area contributed by atoms with Crippen molar-refractivity contribution >= 4 is 6.21 Å². The zero-order valence-corrected chi connectivity index (χ0v) is 11.9. The fourth-order valence-corrected chi connectivity index (χ4v) is 1.34. The first kappa shape index (κ1) is 14.8. The van der Waals surface area contributed by atoms with Crippen molar-refractivity contribution < 1.29 is 9.47 Å². The minimum absolute atomic E-state index is 0.167. The Morgan fingerprint density at radius 3 is 1.78 bits per heavy atom. The molecule has 1 heterocycles. The molecule has 0 aromatic carbocycles. The third-order valence-corrected chi connectivity index (χ3v) is 2.60. The van der Waals surface area contributed by atoms with Gasteiger partial charge in [-0.1, -0.05) is 13.8 Å². The van der Waals surface area contributed by atoms with Gasteiger partial charge in [-0.15, -0.1) is 10.2 Å². The van der Waals surface area contributed by atoms with Crippen LogP contribution in [0.2, 0.25) is 0 Å². The van der Waals surface area contributed by atoms with Crippen LogP contribution in [-0.4, -0.2) is 35.3 Å². The average molecular weight is 254 g/mol. The van der Waals surface area contributed by atoms with Gasteiger partial charge in [-0.05, 0) is 19.8 Å². The Labute approximate surface area is 108 Å². The van der Waals surface area contributed by atoms with Crippen LogP contribution >= 0.6 is 0 Å². The predicted octanol–water partition coefficient (Wildman–Crippen LogP) is 2.18. The van der Waals surface area contributed by atoms with Gasteiger partial charge in [-0.2, -0.15) is 9.78 Å². The second-order valence-electron chi connectivity index (χ2n) is 4.49. The maximum atomic E-state index is 5.27. The van der Waals surface area contributed by atoms with Gasteiger partial charge in [0.2, 0.25) is 0 Å². The van der Waals surface area contributed by atoms with Gasteiger partial charge in [0.15, 0.2) is 11.6 Å².